The van der Waals surface area contributed by atoms with Crippen molar-refractivity contribution in [2.45, 2.75) is 45.8 Å². The Hall–Kier alpha value is -1.30. The van der Waals surface area contributed by atoms with Crippen LogP contribution in [0.1, 0.15) is 40.2 Å². The highest BCUT2D eigenvalue weighted by atomic mass is 16.7. The minimum atomic E-state index is -0.526. The van der Waals surface area contributed by atoms with Gasteiger partial charge in [0.05, 0.1) is 24.4 Å². The van der Waals surface area contributed by atoms with Crippen molar-refractivity contribution in [1.82, 2.24) is 0 Å². The van der Waals surface area contributed by atoms with Gasteiger partial charge in [-0.2, -0.15) is 0 Å². The van der Waals surface area contributed by atoms with E-state index in [0.717, 1.165) is 11.3 Å². The fraction of sp³-hybridized carbons (Fsp3) is 0.529. The molecule has 0 spiro atoms. The molecule has 0 aromatic heterocycles. The number of ether oxygens (including phenoxy) is 1. The molecular formula is C17H25BO4. The summed E-state index contributed by atoms with van der Waals surface area (Å²) in [5, 5.41) is 9.67. The Labute approximate surface area is 133 Å². The fourth-order valence-corrected chi connectivity index (χ4v) is 2.22. The van der Waals surface area contributed by atoms with Gasteiger partial charge in [-0.15, -0.1) is 0 Å². The lowest BCUT2D eigenvalue weighted by molar-refractivity contribution is 0.00578. The number of hydrogen-bond donors (Lipinski definition) is 1. The molecule has 0 unspecified atom stereocenters. The minimum absolute atomic E-state index is 0.107. The van der Waals surface area contributed by atoms with Crippen LogP contribution in [0, 0.1) is 0 Å². The topological polar surface area (TPSA) is 47.9 Å². The van der Waals surface area contributed by atoms with Crippen molar-refractivity contribution >= 4 is 13.2 Å². The van der Waals surface area contributed by atoms with Gasteiger partial charge in [0.2, 0.25) is 0 Å². The second-order valence-electron chi connectivity index (χ2n) is 6.47. The minimum Gasteiger partial charge on any atom is -0.494 e. The highest BCUT2D eigenvalue weighted by Crippen LogP contribution is 2.38. The van der Waals surface area contributed by atoms with Crippen LogP contribution in [0.2, 0.25) is 0 Å². The van der Waals surface area contributed by atoms with Crippen LogP contribution >= 0.6 is 0 Å². The quantitative estimate of drug-likeness (QED) is 0.849. The first-order valence-corrected chi connectivity index (χ1v) is 7.69. The van der Waals surface area contributed by atoms with Gasteiger partial charge in [0, 0.05) is 0 Å². The highest BCUT2D eigenvalue weighted by molar-refractivity contribution is 6.55. The van der Waals surface area contributed by atoms with Crippen LogP contribution < -0.4 is 4.74 Å². The summed E-state index contributed by atoms with van der Waals surface area (Å²) in [5.41, 5.74) is 0.861. The summed E-state index contributed by atoms with van der Waals surface area (Å²) in [7, 11) is -0.526. The van der Waals surface area contributed by atoms with Crippen molar-refractivity contribution in [2.24, 2.45) is 0 Å². The van der Waals surface area contributed by atoms with Crippen LogP contribution in [-0.2, 0) is 9.31 Å². The third-order valence-electron chi connectivity index (χ3n) is 4.28. The van der Waals surface area contributed by atoms with E-state index in [1.807, 2.05) is 65.0 Å². The smallest absolute Gasteiger partial charge is 0.492 e. The van der Waals surface area contributed by atoms with Gasteiger partial charge in [0.1, 0.15) is 5.75 Å². The number of benzene rings is 1. The van der Waals surface area contributed by atoms with Gasteiger partial charge < -0.3 is 19.2 Å². The predicted octanol–water partition coefficient (Wildman–Crippen LogP) is 3.09. The molecule has 0 saturated carbocycles. The average molecular weight is 304 g/mol. The van der Waals surface area contributed by atoms with E-state index in [1.165, 1.54) is 0 Å². The monoisotopic (exact) mass is 304 g/mol. The van der Waals surface area contributed by atoms with Crippen molar-refractivity contribution in [1.29, 1.82) is 0 Å². The van der Waals surface area contributed by atoms with E-state index < -0.39 is 18.3 Å². The lowest BCUT2D eigenvalue weighted by Crippen LogP contribution is -2.41. The molecule has 0 amide bonds. The van der Waals surface area contributed by atoms with E-state index in [0.29, 0.717) is 12.1 Å². The molecule has 1 aromatic carbocycles. The standard InChI is InChI=1S/C17H25BO4/c1-6-20-15-9-7-13(8-10-15)11-14(12-19)18-21-16(2,3)17(4,5)22-18/h7-11,19H,6,12H2,1-5H3. The predicted molar refractivity (Wildman–Crippen MR) is 88.8 cm³/mol. The molecule has 5 heteroatoms. The van der Waals surface area contributed by atoms with Gasteiger partial charge in [0.15, 0.2) is 0 Å². The molecule has 1 aromatic rings. The zero-order chi connectivity index (χ0) is 16.4. The van der Waals surface area contributed by atoms with Crippen LogP contribution in [0.15, 0.2) is 29.7 Å². The van der Waals surface area contributed by atoms with Gasteiger partial charge in [-0.3, -0.25) is 0 Å². The number of rotatable bonds is 5. The summed E-state index contributed by atoms with van der Waals surface area (Å²) < 4.78 is 17.4. The second-order valence-corrected chi connectivity index (χ2v) is 6.47. The van der Waals surface area contributed by atoms with Gasteiger partial charge in [0.25, 0.3) is 0 Å². The molecule has 4 nitrogen and oxygen atoms in total. The van der Waals surface area contributed by atoms with Gasteiger partial charge >= 0.3 is 7.12 Å². The molecule has 120 valence electrons. The van der Waals surface area contributed by atoms with Crippen LogP contribution in [0.3, 0.4) is 0 Å². The lowest BCUT2D eigenvalue weighted by atomic mass is 9.77. The van der Waals surface area contributed by atoms with Crippen molar-refractivity contribution in [3.63, 3.8) is 0 Å². The first-order chi connectivity index (χ1) is 10.3. The molecule has 2 rings (SSSR count). The maximum absolute atomic E-state index is 9.67. The van der Waals surface area contributed by atoms with Crippen molar-refractivity contribution < 1.29 is 19.2 Å². The summed E-state index contributed by atoms with van der Waals surface area (Å²) in [6.07, 6.45) is 1.90. The highest BCUT2D eigenvalue weighted by Gasteiger charge is 2.52. The van der Waals surface area contributed by atoms with Crippen LogP contribution in [0.5, 0.6) is 5.75 Å². The first-order valence-electron chi connectivity index (χ1n) is 7.69. The Balaban J connectivity index is 2.18. The summed E-state index contributed by atoms with van der Waals surface area (Å²) in [6.45, 7) is 10.5. The molecule has 1 aliphatic rings. The lowest BCUT2D eigenvalue weighted by Gasteiger charge is -2.32. The summed E-state index contributed by atoms with van der Waals surface area (Å²) in [5.74, 6) is 0.834. The van der Waals surface area contributed by atoms with Gasteiger partial charge in [-0.05, 0) is 57.8 Å². The molecule has 0 aliphatic carbocycles. The van der Waals surface area contributed by atoms with Crippen LogP contribution in [0.4, 0.5) is 0 Å². The van der Waals surface area contributed by atoms with Gasteiger partial charge in [-0.1, -0.05) is 18.2 Å². The fourth-order valence-electron chi connectivity index (χ4n) is 2.22. The second kappa shape index (κ2) is 6.45. The SMILES string of the molecule is CCOc1ccc(C=C(CO)B2OC(C)(C)C(C)(C)O2)cc1. The Morgan fingerprint density at radius 3 is 2.14 bits per heavy atom. The van der Waals surface area contributed by atoms with Crippen LogP contribution in [-0.4, -0.2) is 36.6 Å². The van der Waals surface area contributed by atoms with Crippen molar-refractivity contribution in [3.8, 4) is 5.75 Å². The molecule has 1 heterocycles. The first kappa shape index (κ1) is 17.1. The van der Waals surface area contributed by atoms with E-state index in [9.17, 15) is 5.11 Å². The Morgan fingerprint density at radius 1 is 1.14 bits per heavy atom. The molecule has 1 saturated heterocycles. The summed E-state index contributed by atoms with van der Waals surface area (Å²) in [4.78, 5) is 0. The molecule has 1 fully saturated rings. The summed E-state index contributed by atoms with van der Waals surface area (Å²) in [6, 6.07) is 7.72. The molecule has 1 aliphatic heterocycles. The van der Waals surface area contributed by atoms with Crippen LogP contribution in [0.25, 0.3) is 6.08 Å². The number of aliphatic hydroxyl groups is 1. The third kappa shape index (κ3) is 3.54. The number of aliphatic hydroxyl groups excluding tert-OH is 1. The van der Waals surface area contributed by atoms with Gasteiger partial charge in [-0.25, -0.2) is 0 Å². The van der Waals surface area contributed by atoms with E-state index in [1.54, 1.807) is 0 Å². The molecule has 0 bridgehead atoms. The Bertz CT molecular complexity index is 518. The summed E-state index contributed by atoms with van der Waals surface area (Å²) >= 11 is 0. The zero-order valence-electron chi connectivity index (χ0n) is 14.1. The largest absolute Gasteiger partial charge is 0.494 e. The number of hydrogen-bond acceptors (Lipinski definition) is 4. The molecule has 0 atom stereocenters. The molecule has 22 heavy (non-hydrogen) atoms. The Morgan fingerprint density at radius 2 is 1.68 bits per heavy atom. The van der Waals surface area contributed by atoms with Crippen molar-refractivity contribution in [3.05, 3.63) is 35.3 Å². The molecular weight excluding hydrogens is 279 g/mol. The van der Waals surface area contributed by atoms with E-state index in [-0.39, 0.29) is 6.61 Å². The maximum atomic E-state index is 9.67. The molecule has 1 N–H and O–H groups in total. The third-order valence-corrected chi connectivity index (χ3v) is 4.28. The normalized spacial score (nSPS) is 20.3. The van der Waals surface area contributed by atoms with E-state index in [2.05, 4.69) is 0 Å². The van der Waals surface area contributed by atoms with E-state index in [4.69, 9.17) is 14.0 Å². The van der Waals surface area contributed by atoms with Crippen molar-refractivity contribution in [2.75, 3.05) is 13.2 Å². The van der Waals surface area contributed by atoms with E-state index >= 15 is 0 Å². The Kier molecular flexibility index (Phi) is 5.00. The maximum Gasteiger partial charge on any atom is 0.492 e. The molecule has 0 radical (unpaired) electrons. The average Bonchev–Trinajstić information content (AvgIpc) is 2.67. The zero-order valence-corrected chi connectivity index (χ0v) is 14.1.